The van der Waals surface area contributed by atoms with E-state index in [1.54, 1.807) is 42.5 Å². The van der Waals surface area contributed by atoms with Crippen LogP contribution in [0.15, 0.2) is 42.5 Å². The van der Waals surface area contributed by atoms with Gasteiger partial charge >= 0.3 is 6.03 Å². The number of carbonyl (C=O) groups excluding carboxylic acids is 3. The molecule has 1 atom stereocenters. The van der Waals surface area contributed by atoms with Gasteiger partial charge in [-0.25, -0.2) is 4.79 Å². The van der Waals surface area contributed by atoms with Crippen LogP contribution >= 0.6 is 23.2 Å². The third kappa shape index (κ3) is 4.13. The van der Waals surface area contributed by atoms with Crippen molar-refractivity contribution >= 4 is 52.4 Å². The van der Waals surface area contributed by atoms with Gasteiger partial charge in [-0.15, -0.1) is 0 Å². The molecule has 1 fully saturated rings. The highest BCUT2D eigenvalue weighted by Crippen LogP contribution is 2.36. The molecule has 6 nitrogen and oxygen atoms in total. The van der Waals surface area contributed by atoms with Gasteiger partial charge < -0.3 is 10.6 Å². The quantitative estimate of drug-likeness (QED) is 0.626. The number of hydrogen-bond acceptors (Lipinski definition) is 3. The maximum atomic E-state index is 12.4. The third-order valence-electron chi connectivity index (χ3n) is 4.94. The van der Waals surface area contributed by atoms with Crippen molar-refractivity contribution in [3.8, 4) is 0 Å². The minimum atomic E-state index is -0.727. The van der Waals surface area contributed by atoms with Crippen LogP contribution in [0, 0.1) is 0 Å². The predicted octanol–water partition coefficient (Wildman–Crippen LogP) is 4.72. The Morgan fingerprint density at radius 3 is 2.29 bits per heavy atom. The summed E-state index contributed by atoms with van der Waals surface area (Å²) >= 11 is 11.8. The van der Waals surface area contributed by atoms with E-state index >= 15 is 0 Å². The minimum Gasteiger partial charge on any atom is -0.308 e. The number of imide groups is 1. The summed E-state index contributed by atoms with van der Waals surface area (Å²) in [5, 5.41) is 8.57. The maximum absolute atomic E-state index is 12.4. The number of halogens is 2. The summed E-state index contributed by atoms with van der Waals surface area (Å²) in [6.45, 7) is 1.92. The number of hydrogen-bond donors (Lipinski definition) is 3. The Hall–Kier alpha value is -2.57. The lowest BCUT2D eigenvalue weighted by Gasteiger charge is -2.35. The Bertz CT molecular complexity index is 931. The number of benzene rings is 2. The summed E-state index contributed by atoms with van der Waals surface area (Å²) in [7, 11) is 0. The summed E-state index contributed by atoms with van der Waals surface area (Å²) in [5.74, 6) is -0.518. The van der Waals surface area contributed by atoms with E-state index in [1.807, 2.05) is 6.92 Å². The predicted molar refractivity (Wildman–Crippen MR) is 110 cm³/mol. The first kappa shape index (κ1) is 20.2. The minimum absolute atomic E-state index is 0.244. The molecule has 2 aromatic carbocycles. The topological polar surface area (TPSA) is 87.3 Å². The molecule has 4 amide bonds. The summed E-state index contributed by atoms with van der Waals surface area (Å²) in [6, 6.07) is 11.4. The van der Waals surface area contributed by atoms with E-state index in [-0.39, 0.29) is 11.8 Å². The van der Waals surface area contributed by atoms with Crippen LogP contribution in [0.25, 0.3) is 0 Å². The first-order valence-electron chi connectivity index (χ1n) is 8.82. The Balaban J connectivity index is 1.70. The molecule has 28 heavy (non-hydrogen) atoms. The molecule has 3 rings (SSSR count). The van der Waals surface area contributed by atoms with Crippen LogP contribution in [0.2, 0.25) is 10.0 Å². The maximum Gasteiger partial charge on any atom is 0.323 e. The first-order valence-corrected chi connectivity index (χ1v) is 9.57. The normalized spacial score (nSPS) is 19.1. The molecule has 0 bridgehead atoms. The number of rotatable bonds is 4. The number of anilines is 2. The zero-order valence-electron chi connectivity index (χ0n) is 15.1. The van der Waals surface area contributed by atoms with Gasteiger partial charge in [-0.2, -0.15) is 0 Å². The van der Waals surface area contributed by atoms with Gasteiger partial charge in [0.2, 0.25) is 11.8 Å². The molecule has 2 aromatic rings. The van der Waals surface area contributed by atoms with Crippen molar-refractivity contribution < 1.29 is 14.4 Å². The molecule has 0 aromatic heterocycles. The third-order valence-corrected chi connectivity index (χ3v) is 5.68. The molecule has 0 saturated carbocycles. The lowest BCUT2D eigenvalue weighted by atomic mass is 9.72. The van der Waals surface area contributed by atoms with Gasteiger partial charge in [0.25, 0.3) is 0 Å². The van der Waals surface area contributed by atoms with Crippen LogP contribution in [0.1, 0.15) is 31.7 Å². The van der Waals surface area contributed by atoms with Crippen molar-refractivity contribution in [1.29, 1.82) is 0 Å². The highest BCUT2D eigenvalue weighted by Gasteiger charge is 2.42. The second-order valence-corrected chi connectivity index (χ2v) is 7.41. The Morgan fingerprint density at radius 2 is 1.68 bits per heavy atom. The number of carbonyl (C=O) groups is 3. The fourth-order valence-electron chi connectivity index (χ4n) is 3.31. The van der Waals surface area contributed by atoms with Crippen LogP contribution in [0.4, 0.5) is 16.2 Å². The molecule has 3 N–H and O–H groups in total. The van der Waals surface area contributed by atoms with E-state index in [1.165, 1.54) is 0 Å². The molecule has 146 valence electrons. The second-order valence-electron chi connectivity index (χ2n) is 6.60. The van der Waals surface area contributed by atoms with Crippen molar-refractivity contribution in [2.45, 2.75) is 31.6 Å². The van der Waals surface area contributed by atoms with E-state index in [0.29, 0.717) is 40.7 Å². The number of amides is 4. The average Bonchev–Trinajstić information content (AvgIpc) is 2.66. The van der Waals surface area contributed by atoms with Gasteiger partial charge in [-0.3, -0.25) is 14.9 Å². The number of urea groups is 1. The molecule has 0 unspecified atom stereocenters. The Morgan fingerprint density at radius 1 is 1.04 bits per heavy atom. The van der Waals surface area contributed by atoms with Crippen LogP contribution < -0.4 is 16.0 Å². The van der Waals surface area contributed by atoms with Gasteiger partial charge in [-0.05, 0) is 48.7 Å². The summed E-state index contributed by atoms with van der Waals surface area (Å²) in [6.07, 6.45) is 1.36. The zero-order valence-corrected chi connectivity index (χ0v) is 16.7. The van der Waals surface area contributed by atoms with Crippen molar-refractivity contribution in [3.05, 3.63) is 58.1 Å². The molecular formula is C20H19Cl2N3O3. The fraction of sp³-hybridized carbons (Fsp3) is 0.250. The summed E-state index contributed by atoms with van der Waals surface area (Å²) < 4.78 is 0. The second kappa shape index (κ2) is 8.20. The van der Waals surface area contributed by atoms with Crippen molar-refractivity contribution in [2.75, 3.05) is 10.6 Å². The van der Waals surface area contributed by atoms with Crippen molar-refractivity contribution in [3.63, 3.8) is 0 Å². The zero-order chi connectivity index (χ0) is 20.3. The van der Waals surface area contributed by atoms with E-state index < -0.39 is 11.4 Å². The average molecular weight is 420 g/mol. The van der Waals surface area contributed by atoms with E-state index in [4.69, 9.17) is 23.2 Å². The molecular weight excluding hydrogens is 401 g/mol. The largest absolute Gasteiger partial charge is 0.323 e. The van der Waals surface area contributed by atoms with Crippen LogP contribution in [0.5, 0.6) is 0 Å². The smallest absolute Gasteiger partial charge is 0.308 e. The lowest BCUT2D eigenvalue weighted by molar-refractivity contribution is -0.138. The van der Waals surface area contributed by atoms with E-state index in [9.17, 15) is 14.4 Å². The molecule has 1 aliphatic rings. The highest BCUT2D eigenvalue weighted by molar-refractivity contribution is 6.42. The SMILES string of the molecule is CC[C@]1(c2ccc(NC(=O)Nc3ccc(Cl)c(Cl)c3)cc2)CCC(=O)NC1=O. The fourth-order valence-corrected chi connectivity index (χ4v) is 3.60. The molecule has 0 aliphatic carbocycles. The van der Waals surface area contributed by atoms with Gasteiger partial charge in [0.05, 0.1) is 15.5 Å². The van der Waals surface area contributed by atoms with Gasteiger partial charge in [0.1, 0.15) is 0 Å². The van der Waals surface area contributed by atoms with Gasteiger partial charge in [0.15, 0.2) is 0 Å². The van der Waals surface area contributed by atoms with Gasteiger partial charge in [-0.1, -0.05) is 42.3 Å². The Kier molecular flexibility index (Phi) is 5.91. The van der Waals surface area contributed by atoms with Crippen LogP contribution in [-0.4, -0.2) is 17.8 Å². The summed E-state index contributed by atoms with van der Waals surface area (Å²) in [5.41, 5.74) is 1.17. The number of piperidine rings is 1. The van der Waals surface area contributed by atoms with Crippen molar-refractivity contribution in [2.24, 2.45) is 0 Å². The van der Waals surface area contributed by atoms with E-state index in [2.05, 4.69) is 16.0 Å². The molecule has 8 heteroatoms. The molecule has 1 saturated heterocycles. The molecule has 1 heterocycles. The van der Waals surface area contributed by atoms with Crippen LogP contribution in [-0.2, 0) is 15.0 Å². The lowest BCUT2D eigenvalue weighted by Crippen LogP contribution is -2.51. The van der Waals surface area contributed by atoms with Crippen LogP contribution in [0.3, 0.4) is 0 Å². The van der Waals surface area contributed by atoms with E-state index in [0.717, 1.165) is 5.56 Å². The first-order chi connectivity index (χ1) is 13.3. The highest BCUT2D eigenvalue weighted by atomic mass is 35.5. The standard InChI is InChI=1S/C20H19Cl2N3O3/c1-2-20(10-9-17(26)25-18(20)27)12-3-5-13(6-4-12)23-19(28)24-14-7-8-15(21)16(22)11-14/h3-8,11H,2,9-10H2,1H3,(H2,23,24,28)(H,25,26,27)/t20-/m1/s1. The monoisotopic (exact) mass is 419 g/mol. The van der Waals surface area contributed by atoms with Gasteiger partial charge in [0, 0.05) is 17.8 Å². The van der Waals surface area contributed by atoms with Crippen molar-refractivity contribution in [1.82, 2.24) is 5.32 Å². The molecule has 0 radical (unpaired) electrons. The molecule has 0 spiro atoms. The number of nitrogens with one attached hydrogen (secondary N) is 3. The summed E-state index contributed by atoms with van der Waals surface area (Å²) in [4.78, 5) is 36.1. The molecule has 1 aliphatic heterocycles. The Labute approximate surface area is 172 Å².